The van der Waals surface area contributed by atoms with Crippen molar-refractivity contribution >= 4 is 0 Å². The topological polar surface area (TPSA) is 18.5 Å². The number of hydrogen-bond donors (Lipinski definition) is 0. The molecule has 1 aliphatic carbocycles. The van der Waals surface area contributed by atoms with Gasteiger partial charge in [0.15, 0.2) is 0 Å². The molecule has 0 amide bonds. The molecule has 0 saturated heterocycles. The van der Waals surface area contributed by atoms with E-state index in [0.29, 0.717) is 5.41 Å². The maximum absolute atomic E-state index is 5.92. The third kappa shape index (κ3) is 5.34. The minimum absolute atomic E-state index is 0.465. The Bertz CT molecular complexity index is 673. The van der Waals surface area contributed by atoms with Gasteiger partial charge in [-0.2, -0.15) is 0 Å². The quantitative estimate of drug-likeness (QED) is 0.520. The smallest absolute Gasteiger partial charge is 0.119 e. The molecular formula is C23H30O2. The Hall–Kier alpha value is -1.80. The van der Waals surface area contributed by atoms with Crippen LogP contribution in [0.25, 0.3) is 11.1 Å². The number of benzene rings is 2. The Morgan fingerprint density at radius 3 is 2.36 bits per heavy atom. The van der Waals surface area contributed by atoms with Crippen LogP contribution in [0.15, 0.2) is 48.5 Å². The van der Waals surface area contributed by atoms with E-state index in [1.807, 2.05) is 6.07 Å². The fraction of sp³-hybridized carbons (Fsp3) is 0.478. The van der Waals surface area contributed by atoms with E-state index in [1.165, 1.54) is 36.0 Å². The summed E-state index contributed by atoms with van der Waals surface area (Å²) in [5.74, 6) is 0.946. The molecule has 0 heterocycles. The van der Waals surface area contributed by atoms with Crippen molar-refractivity contribution in [3.63, 3.8) is 0 Å². The predicted molar refractivity (Wildman–Crippen MR) is 104 cm³/mol. The summed E-state index contributed by atoms with van der Waals surface area (Å²) in [6, 6.07) is 16.9. The molecule has 1 fully saturated rings. The molecule has 1 saturated carbocycles. The number of aryl methyl sites for hydroxylation is 1. The van der Waals surface area contributed by atoms with Crippen molar-refractivity contribution < 1.29 is 9.47 Å². The second-order valence-corrected chi connectivity index (χ2v) is 7.67. The lowest BCUT2D eigenvalue weighted by Crippen LogP contribution is -2.31. The number of hydrogen-bond acceptors (Lipinski definition) is 2. The fourth-order valence-corrected chi connectivity index (χ4v) is 3.33. The standard InChI is InChI=1S/C23H30O2/c1-19-8-5-9-20(16-19)21-10-6-11-22(17-21)25-15-4-3-14-24-18-23(2)12-7-13-23/h5-6,8-11,16-17H,3-4,7,12-15,18H2,1-2H3. The summed E-state index contributed by atoms with van der Waals surface area (Å²) in [5.41, 5.74) is 4.19. The molecule has 2 aromatic carbocycles. The van der Waals surface area contributed by atoms with Gasteiger partial charge in [-0.3, -0.25) is 0 Å². The molecule has 1 aliphatic rings. The summed E-state index contributed by atoms with van der Waals surface area (Å²) in [5, 5.41) is 0. The van der Waals surface area contributed by atoms with Crippen molar-refractivity contribution in [2.45, 2.75) is 46.0 Å². The van der Waals surface area contributed by atoms with Gasteiger partial charge < -0.3 is 9.47 Å². The van der Waals surface area contributed by atoms with Crippen molar-refractivity contribution in [3.8, 4) is 16.9 Å². The van der Waals surface area contributed by atoms with Crippen LogP contribution in [0.5, 0.6) is 5.75 Å². The molecule has 2 heteroatoms. The number of unbranched alkanes of at least 4 members (excludes halogenated alkanes) is 1. The van der Waals surface area contributed by atoms with Crippen LogP contribution in [-0.2, 0) is 4.74 Å². The van der Waals surface area contributed by atoms with Gasteiger partial charge in [-0.15, -0.1) is 0 Å². The first-order chi connectivity index (χ1) is 12.1. The zero-order valence-corrected chi connectivity index (χ0v) is 15.6. The third-order valence-electron chi connectivity index (χ3n) is 5.15. The van der Waals surface area contributed by atoms with E-state index >= 15 is 0 Å². The first-order valence-electron chi connectivity index (χ1n) is 9.52. The Balaban J connectivity index is 1.38. The zero-order valence-electron chi connectivity index (χ0n) is 15.6. The number of ether oxygens (including phenoxy) is 2. The summed E-state index contributed by atoms with van der Waals surface area (Å²) in [6.45, 7) is 6.98. The van der Waals surface area contributed by atoms with Gasteiger partial charge in [0.05, 0.1) is 13.2 Å². The average molecular weight is 338 g/mol. The second-order valence-electron chi connectivity index (χ2n) is 7.67. The summed E-state index contributed by atoms with van der Waals surface area (Å²) >= 11 is 0. The molecule has 0 aliphatic heterocycles. The summed E-state index contributed by atoms with van der Waals surface area (Å²) < 4.78 is 11.7. The molecule has 0 N–H and O–H groups in total. The van der Waals surface area contributed by atoms with Gasteiger partial charge in [0, 0.05) is 6.61 Å². The van der Waals surface area contributed by atoms with Crippen LogP contribution in [0.1, 0.15) is 44.6 Å². The third-order valence-corrected chi connectivity index (χ3v) is 5.15. The molecule has 0 aromatic heterocycles. The molecule has 0 unspecified atom stereocenters. The molecule has 0 atom stereocenters. The fourth-order valence-electron chi connectivity index (χ4n) is 3.33. The van der Waals surface area contributed by atoms with E-state index in [0.717, 1.165) is 38.4 Å². The van der Waals surface area contributed by atoms with Crippen molar-refractivity contribution in [3.05, 3.63) is 54.1 Å². The van der Waals surface area contributed by atoms with Gasteiger partial charge in [0.1, 0.15) is 5.75 Å². The monoisotopic (exact) mass is 338 g/mol. The second kappa shape index (κ2) is 8.53. The first kappa shape index (κ1) is 18.0. The highest BCUT2D eigenvalue weighted by Crippen LogP contribution is 2.40. The van der Waals surface area contributed by atoms with Crippen LogP contribution in [-0.4, -0.2) is 19.8 Å². The van der Waals surface area contributed by atoms with E-state index < -0.39 is 0 Å². The van der Waals surface area contributed by atoms with Crippen molar-refractivity contribution in [1.29, 1.82) is 0 Å². The Labute approximate surface area is 152 Å². The van der Waals surface area contributed by atoms with Crippen LogP contribution in [0.4, 0.5) is 0 Å². The predicted octanol–water partition coefficient (Wildman–Crippen LogP) is 6.03. The van der Waals surface area contributed by atoms with E-state index in [2.05, 4.69) is 56.3 Å². The lowest BCUT2D eigenvalue weighted by atomic mass is 9.71. The maximum Gasteiger partial charge on any atom is 0.119 e. The normalized spacial score (nSPS) is 15.6. The molecule has 0 spiro atoms. The van der Waals surface area contributed by atoms with Gasteiger partial charge in [-0.25, -0.2) is 0 Å². The molecule has 25 heavy (non-hydrogen) atoms. The van der Waals surface area contributed by atoms with Gasteiger partial charge >= 0.3 is 0 Å². The highest BCUT2D eigenvalue weighted by Gasteiger charge is 2.31. The van der Waals surface area contributed by atoms with E-state index in [9.17, 15) is 0 Å². The minimum Gasteiger partial charge on any atom is -0.494 e. The van der Waals surface area contributed by atoms with Crippen molar-refractivity contribution in [2.24, 2.45) is 5.41 Å². The molecule has 2 nitrogen and oxygen atoms in total. The van der Waals surface area contributed by atoms with Crippen LogP contribution in [0.3, 0.4) is 0 Å². The molecule has 2 aromatic rings. The Kier molecular flexibility index (Phi) is 6.14. The largest absolute Gasteiger partial charge is 0.494 e. The van der Waals surface area contributed by atoms with E-state index in [4.69, 9.17) is 9.47 Å². The average Bonchev–Trinajstić information content (AvgIpc) is 2.59. The highest BCUT2D eigenvalue weighted by atomic mass is 16.5. The number of rotatable bonds is 9. The molecule has 134 valence electrons. The van der Waals surface area contributed by atoms with Crippen molar-refractivity contribution in [1.82, 2.24) is 0 Å². The summed E-state index contributed by atoms with van der Waals surface area (Å²) in [6.07, 6.45) is 6.12. The van der Waals surface area contributed by atoms with Crippen LogP contribution < -0.4 is 4.74 Å². The Morgan fingerprint density at radius 2 is 1.64 bits per heavy atom. The lowest BCUT2D eigenvalue weighted by Gasteiger charge is -2.37. The highest BCUT2D eigenvalue weighted by molar-refractivity contribution is 5.65. The summed E-state index contributed by atoms with van der Waals surface area (Å²) in [4.78, 5) is 0. The van der Waals surface area contributed by atoms with Gasteiger partial charge in [-0.1, -0.05) is 55.3 Å². The molecule has 3 rings (SSSR count). The van der Waals surface area contributed by atoms with E-state index in [1.54, 1.807) is 0 Å². The van der Waals surface area contributed by atoms with Gasteiger partial charge in [0.2, 0.25) is 0 Å². The van der Waals surface area contributed by atoms with Gasteiger partial charge in [0.25, 0.3) is 0 Å². The van der Waals surface area contributed by atoms with Gasteiger partial charge in [-0.05, 0) is 61.3 Å². The first-order valence-corrected chi connectivity index (χ1v) is 9.52. The van der Waals surface area contributed by atoms with Crippen molar-refractivity contribution in [2.75, 3.05) is 19.8 Å². The molecule has 0 bridgehead atoms. The molecular weight excluding hydrogens is 308 g/mol. The zero-order chi connectivity index (χ0) is 17.5. The maximum atomic E-state index is 5.92. The summed E-state index contributed by atoms with van der Waals surface area (Å²) in [7, 11) is 0. The van der Waals surface area contributed by atoms with Crippen LogP contribution in [0.2, 0.25) is 0 Å². The minimum atomic E-state index is 0.465. The Morgan fingerprint density at radius 1 is 0.920 bits per heavy atom. The van der Waals surface area contributed by atoms with Crippen LogP contribution in [0, 0.1) is 12.3 Å². The van der Waals surface area contributed by atoms with Crippen LogP contribution >= 0.6 is 0 Å². The SMILES string of the molecule is Cc1cccc(-c2cccc(OCCCCOCC3(C)CCC3)c2)c1. The molecule has 0 radical (unpaired) electrons. The van der Waals surface area contributed by atoms with E-state index in [-0.39, 0.29) is 0 Å². The lowest BCUT2D eigenvalue weighted by molar-refractivity contribution is 0.00490.